The second kappa shape index (κ2) is 5.53. The molecule has 0 aromatic heterocycles. The minimum atomic E-state index is 0.312. The van der Waals surface area contributed by atoms with Crippen LogP contribution in [0.15, 0.2) is 28.7 Å². The second-order valence-corrected chi connectivity index (χ2v) is 6.41. The molecular weight excluding hydrogens is 274 g/mol. The van der Waals surface area contributed by atoms with Gasteiger partial charge < -0.3 is 5.32 Å². The average molecular weight is 296 g/mol. The van der Waals surface area contributed by atoms with Crippen LogP contribution in [0.4, 0.5) is 0 Å². The minimum Gasteiger partial charge on any atom is -0.311 e. The molecule has 0 radical (unpaired) electrons. The first-order valence-electron chi connectivity index (χ1n) is 6.62. The van der Waals surface area contributed by atoms with Gasteiger partial charge in [0, 0.05) is 10.0 Å². The summed E-state index contributed by atoms with van der Waals surface area (Å²) in [6.45, 7) is 5.86. The Kier molecular flexibility index (Phi) is 4.26. The number of benzene rings is 1. The monoisotopic (exact) mass is 295 g/mol. The number of nitrogens with one attached hydrogen (secondary N) is 1. The molecule has 1 atom stereocenters. The predicted molar refractivity (Wildman–Crippen MR) is 77.3 cm³/mol. The SMILES string of the molecule is CC(C)C1(Cc2ccc(Br)cc2)CCCCN1. The number of hydrogen-bond donors (Lipinski definition) is 1. The average Bonchev–Trinajstić information content (AvgIpc) is 2.33. The number of rotatable bonds is 3. The first kappa shape index (κ1) is 13.1. The standard InChI is InChI=1S/C15H22BrN/c1-12(2)15(9-3-4-10-17-15)11-13-5-7-14(16)8-6-13/h5-8,12,17H,3-4,9-11H2,1-2H3. The zero-order valence-electron chi connectivity index (χ0n) is 10.8. The molecule has 0 bridgehead atoms. The van der Waals surface area contributed by atoms with Gasteiger partial charge in [0.25, 0.3) is 0 Å². The summed E-state index contributed by atoms with van der Waals surface area (Å²) in [5, 5.41) is 3.78. The lowest BCUT2D eigenvalue weighted by atomic mass is 9.75. The summed E-state index contributed by atoms with van der Waals surface area (Å²) >= 11 is 3.50. The molecule has 1 aliphatic rings. The van der Waals surface area contributed by atoms with Crippen molar-refractivity contribution in [2.45, 2.75) is 45.1 Å². The van der Waals surface area contributed by atoms with Gasteiger partial charge in [-0.3, -0.25) is 0 Å². The molecule has 1 heterocycles. The van der Waals surface area contributed by atoms with E-state index in [4.69, 9.17) is 0 Å². The van der Waals surface area contributed by atoms with Crippen molar-refractivity contribution in [1.29, 1.82) is 0 Å². The molecule has 1 aliphatic heterocycles. The Bertz CT molecular complexity index is 350. The van der Waals surface area contributed by atoms with Gasteiger partial charge in [-0.15, -0.1) is 0 Å². The highest BCUT2D eigenvalue weighted by Gasteiger charge is 2.34. The highest BCUT2D eigenvalue weighted by Crippen LogP contribution is 2.31. The van der Waals surface area contributed by atoms with Crippen molar-refractivity contribution >= 4 is 15.9 Å². The largest absolute Gasteiger partial charge is 0.311 e. The quantitative estimate of drug-likeness (QED) is 0.883. The van der Waals surface area contributed by atoms with Gasteiger partial charge in [0.05, 0.1) is 0 Å². The van der Waals surface area contributed by atoms with Gasteiger partial charge in [0.1, 0.15) is 0 Å². The van der Waals surface area contributed by atoms with Crippen LogP contribution in [0.2, 0.25) is 0 Å². The molecule has 1 N–H and O–H groups in total. The molecule has 0 aliphatic carbocycles. The lowest BCUT2D eigenvalue weighted by Gasteiger charge is -2.42. The van der Waals surface area contributed by atoms with Crippen LogP contribution in [0.1, 0.15) is 38.7 Å². The zero-order valence-corrected chi connectivity index (χ0v) is 12.4. The van der Waals surface area contributed by atoms with Crippen molar-refractivity contribution < 1.29 is 0 Å². The van der Waals surface area contributed by atoms with Crippen molar-refractivity contribution in [3.8, 4) is 0 Å². The molecule has 1 aromatic rings. The maximum absolute atomic E-state index is 3.78. The van der Waals surface area contributed by atoms with Gasteiger partial charge in [-0.25, -0.2) is 0 Å². The van der Waals surface area contributed by atoms with Crippen LogP contribution in [0, 0.1) is 5.92 Å². The maximum Gasteiger partial charge on any atom is 0.0244 e. The highest BCUT2D eigenvalue weighted by molar-refractivity contribution is 9.10. The summed E-state index contributed by atoms with van der Waals surface area (Å²) in [6, 6.07) is 8.77. The molecule has 2 heteroatoms. The fraction of sp³-hybridized carbons (Fsp3) is 0.600. The molecule has 2 rings (SSSR count). The van der Waals surface area contributed by atoms with Crippen molar-refractivity contribution in [1.82, 2.24) is 5.32 Å². The van der Waals surface area contributed by atoms with Crippen molar-refractivity contribution in [2.24, 2.45) is 5.92 Å². The van der Waals surface area contributed by atoms with E-state index in [1.807, 2.05) is 0 Å². The van der Waals surface area contributed by atoms with Crippen molar-refractivity contribution in [3.63, 3.8) is 0 Å². The van der Waals surface area contributed by atoms with E-state index in [9.17, 15) is 0 Å². The topological polar surface area (TPSA) is 12.0 Å². The molecule has 0 saturated carbocycles. The summed E-state index contributed by atoms with van der Waals surface area (Å²) in [6.07, 6.45) is 5.15. The lowest BCUT2D eigenvalue weighted by molar-refractivity contribution is 0.182. The third-order valence-corrected chi connectivity index (χ3v) is 4.59. The van der Waals surface area contributed by atoms with E-state index in [0.29, 0.717) is 11.5 Å². The van der Waals surface area contributed by atoms with E-state index >= 15 is 0 Å². The van der Waals surface area contributed by atoms with Crippen LogP contribution < -0.4 is 5.32 Å². The van der Waals surface area contributed by atoms with Crippen LogP contribution in [0.3, 0.4) is 0 Å². The fourth-order valence-electron chi connectivity index (χ4n) is 2.81. The summed E-state index contributed by atoms with van der Waals surface area (Å²) in [4.78, 5) is 0. The van der Waals surface area contributed by atoms with E-state index in [0.717, 1.165) is 10.9 Å². The van der Waals surface area contributed by atoms with Gasteiger partial charge in [-0.1, -0.05) is 48.3 Å². The molecule has 1 aromatic carbocycles. The molecule has 94 valence electrons. The Morgan fingerprint density at radius 1 is 1.24 bits per heavy atom. The van der Waals surface area contributed by atoms with E-state index in [-0.39, 0.29) is 0 Å². The Labute approximate surface area is 113 Å². The molecule has 1 saturated heterocycles. The Balaban J connectivity index is 2.14. The van der Waals surface area contributed by atoms with E-state index < -0.39 is 0 Å². The summed E-state index contributed by atoms with van der Waals surface area (Å²) in [5.74, 6) is 0.687. The first-order chi connectivity index (χ1) is 8.12. The number of piperidine rings is 1. The summed E-state index contributed by atoms with van der Waals surface area (Å²) in [7, 11) is 0. The van der Waals surface area contributed by atoms with E-state index in [1.165, 1.54) is 31.4 Å². The highest BCUT2D eigenvalue weighted by atomic mass is 79.9. The number of hydrogen-bond acceptors (Lipinski definition) is 1. The van der Waals surface area contributed by atoms with E-state index in [1.54, 1.807) is 0 Å². The van der Waals surface area contributed by atoms with Gasteiger partial charge in [0.15, 0.2) is 0 Å². The lowest BCUT2D eigenvalue weighted by Crippen LogP contribution is -2.54. The van der Waals surface area contributed by atoms with Crippen LogP contribution in [-0.2, 0) is 6.42 Å². The molecule has 17 heavy (non-hydrogen) atoms. The fourth-order valence-corrected chi connectivity index (χ4v) is 3.07. The first-order valence-corrected chi connectivity index (χ1v) is 7.41. The molecular formula is C15H22BrN. The Hall–Kier alpha value is -0.340. The third kappa shape index (κ3) is 3.11. The Morgan fingerprint density at radius 3 is 2.47 bits per heavy atom. The van der Waals surface area contributed by atoms with E-state index in [2.05, 4.69) is 59.4 Å². The van der Waals surface area contributed by atoms with Crippen molar-refractivity contribution in [3.05, 3.63) is 34.3 Å². The minimum absolute atomic E-state index is 0.312. The molecule has 0 amide bonds. The second-order valence-electron chi connectivity index (χ2n) is 5.50. The summed E-state index contributed by atoms with van der Waals surface area (Å²) < 4.78 is 1.16. The van der Waals surface area contributed by atoms with Crippen molar-refractivity contribution in [2.75, 3.05) is 6.54 Å². The smallest absolute Gasteiger partial charge is 0.0244 e. The molecule has 0 spiro atoms. The van der Waals surface area contributed by atoms with Crippen LogP contribution in [0.5, 0.6) is 0 Å². The maximum atomic E-state index is 3.78. The third-order valence-electron chi connectivity index (χ3n) is 4.06. The Morgan fingerprint density at radius 2 is 1.94 bits per heavy atom. The van der Waals surface area contributed by atoms with Gasteiger partial charge in [-0.05, 0) is 49.4 Å². The number of halogens is 1. The normalized spacial score (nSPS) is 25.2. The molecule has 1 fully saturated rings. The zero-order chi connectivity index (χ0) is 12.3. The molecule has 1 nitrogen and oxygen atoms in total. The van der Waals surface area contributed by atoms with Gasteiger partial charge in [0.2, 0.25) is 0 Å². The van der Waals surface area contributed by atoms with Gasteiger partial charge in [-0.2, -0.15) is 0 Å². The van der Waals surface area contributed by atoms with Crippen LogP contribution in [-0.4, -0.2) is 12.1 Å². The van der Waals surface area contributed by atoms with Gasteiger partial charge >= 0.3 is 0 Å². The predicted octanol–water partition coefficient (Wildman–Crippen LogP) is 4.16. The van der Waals surface area contributed by atoms with Crippen LogP contribution in [0.25, 0.3) is 0 Å². The molecule has 1 unspecified atom stereocenters. The van der Waals surface area contributed by atoms with Crippen LogP contribution >= 0.6 is 15.9 Å². The summed E-state index contributed by atoms with van der Waals surface area (Å²) in [5.41, 5.74) is 1.75.